The van der Waals surface area contributed by atoms with Gasteiger partial charge in [-0.15, -0.1) is 11.8 Å². The minimum absolute atomic E-state index is 0.0816. The number of nitrogens with zero attached hydrogens (tertiary/aromatic N) is 2. The Bertz CT molecular complexity index is 538. The van der Waals surface area contributed by atoms with E-state index in [2.05, 4.69) is 17.1 Å². The van der Waals surface area contributed by atoms with Gasteiger partial charge in [-0.1, -0.05) is 13.3 Å². The van der Waals surface area contributed by atoms with Gasteiger partial charge in [0.15, 0.2) is 0 Å². The van der Waals surface area contributed by atoms with Gasteiger partial charge in [0.1, 0.15) is 29.9 Å². The topological polar surface area (TPSA) is 106 Å². The first-order valence-electron chi connectivity index (χ1n) is 10.5. The van der Waals surface area contributed by atoms with E-state index < -0.39 is 35.9 Å². The van der Waals surface area contributed by atoms with Gasteiger partial charge < -0.3 is 30.3 Å². The molecule has 0 aromatic heterocycles. The number of likely N-dealkylation sites (tertiary alicyclic amines) is 1. The van der Waals surface area contributed by atoms with E-state index in [0.29, 0.717) is 5.92 Å². The summed E-state index contributed by atoms with van der Waals surface area (Å²) in [5.41, 5.74) is -0.671. The van der Waals surface area contributed by atoms with Crippen LogP contribution in [0.25, 0.3) is 0 Å². The lowest BCUT2D eigenvalue weighted by Gasteiger charge is -2.45. The fourth-order valence-electron chi connectivity index (χ4n) is 4.45. The number of hydrogen-bond acceptors (Lipinski definition) is 8. The maximum Gasteiger partial charge on any atom is 0.237 e. The molecule has 2 fully saturated rings. The van der Waals surface area contributed by atoms with Gasteiger partial charge in [0.05, 0.1) is 12.1 Å². The molecule has 0 bridgehead atoms. The maximum absolute atomic E-state index is 13.2. The number of rotatable bonds is 8. The van der Waals surface area contributed by atoms with Gasteiger partial charge in [-0.25, -0.2) is 0 Å². The lowest BCUT2D eigenvalue weighted by Crippen LogP contribution is -2.67. The zero-order valence-electron chi connectivity index (χ0n) is 18.5. The Hall–Kier alpha value is -0.420. The molecule has 1 amide bonds. The van der Waals surface area contributed by atoms with Gasteiger partial charge in [0, 0.05) is 12.6 Å². The number of carbonyl (C=O) groups excluding carboxylic acids is 1. The van der Waals surface area contributed by atoms with Crippen LogP contribution in [0, 0.1) is 5.92 Å². The lowest BCUT2D eigenvalue weighted by molar-refractivity contribution is -0.208. The van der Waals surface area contributed by atoms with Crippen molar-refractivity contribution < 1.29 is 24.9 Å². The summed E-state index contributed by atoms with van der Waals surface area (Å²) in [5, 5.41) is 34.2. The fraction of sp³-hybridized carbons (Fsp3) is 0.950. The molecule has 0 aromatic carbocycles. The number of aliphatic hydroxyl groups excluding tert-OH is 3. The molecule has 8 nitrogen and oxygen atoms in total. The van der Waals surface area contributed by atoms with Crippen molar-refractivity contribution in [3.8, 4) is 0 Å². The number of likely N-dealkylation sites (N-methyl/N-ethyl adjacent to an activating group) is 2. The third-order valence-electron chi connectivity index (χ3n) is 6.47. The van der Waals surface area contributed by atoms with E-state index in [-0.39, 0.29) is 18.0 Å². The summed E-state index contributed by atoms with van der Waals surface area (Å²) < 4.78 is 5.96. The van der Waals surface area contributed by atoms with Crippen LogP contribution in [0.1, 0.15) is 33.1 Å². The SMILES string of the molecule is CCC[C@@H]1C[C@@H](C(=O)N[C@@H](C2OC(SC)C(O)C(O)C2O)[C@H](C)N(C)C)N(C)C1. The summed E-state index contributed by atoms with van der Waals surface area (Å²) in [7, 11) is 5.77. The molecule has 2 aliphatic rings. The lowest BCUT2D eigenvalue weighted by atomic mass is 9.90. The highest BCUT2D eigenvalue weighted by atomic mass is 32.2. The van der Waals surface area contributed by atoms with Crippen LogP contribution in [0.3, 0.4) is 0 Å². The molecule has 2 rings (SSSR count). The molecule has 0 radical (unpaired) electrons. The van der Waals surface area contributed by atoms with Gasteiger partial charge >= 0.3 is 0 Å². The third kappa shape index (κ3) is 5.64. The number of ether oxygens (including phenoxy) is 1. The Morgan fingerprint density at radius 3 is 2.48 bits per heavy atom. The second-order valence-corrected chi connectivity index (χ2v) is 9.70. The molecular formula is C20H39N3O5S. The maximum atomic E-state index is 13.2. The first-order valence-corrected chi connectivity index (χ1v) is 11.8. The van der Waals surface area contributed by atoms with Crippen molar-refractivity contribution >= 4 is 17.7 Å². The Balaban J connectivity index is 2.19. The molecule has 0 spiro atoms. The van der Waals surface area contributed by atoms with Crippen molar-refractivity contribution in [1.82, 2.24) is 15.1 Å². The molecule has 9 heteroatoms. The first kappa shape index (κ1) is 24.8. The van der Waals surface area contributed by atoms with Crippen LogP contribution in [-0.4, -0.2) is 113 Å². The van der Waals surface area contributed by atoms with Crippen molar-refractivity contribution in [3.63, 3.8) is 0 Å². The molecule has 2 heterocycles. The van der Waals surface area contributed by atoms with Crippen LogP contribution in [0.2, 0.25) is 0 Å². The quantitative estimate of drug-likeness (QED) is 0.414. The van der Waals surface area contributed by atoms with Gasteiger partial charge in [-0.3, -0.25) is 9.69 Å². The summed E-state index contributed by atoms with van der Waals surface area (Å²) in [5.74, 6) is 0.432. The third-order valence-corrected chi connectivity index (χ3v) is 7.32. The highest BCUT2D eigenvalue weighted by molar-refractivity contribution is 7.99. The van der Waals surface area contributed by atoms with Crippen molar-refractivity contribution in [2.24, 2.45) is 5.92 Å². The molecule has 9 atom stereocenters. The number of hydrogen-bond donors (Lipinski definition) is 4. The van der Waals surface area contributed by atoms with E-state index in [1.54, 1.807) is 6.26 Å². The monoisotopic (exact) mass is 433 g/mol. The van der Waals surface area contributed by atoms with Crippen molar-refractivity contribution in [2.75, 3.05) is 33.9 Å². The fourth-order valence-corrected chi connectivity index (χ4v) is 5.13. The number of amides is 1. The Morgan fingerprint density at radius 1 is 1.28 bits per heavy atom. The first-order chi connectivity index (χ1) is 13.6. The van der Waals surface area contributed by atoms with Crippen molar-refractivity contribution in [3.05, 3.63) is 0 Å². The molecule has 2 saturated heterocycles. The predicted molar refractivity (Wildman–Crippen MR) is 115 cm³/mol. The average molecular weight is 434 g/mol. The average Bonchev–Trinajstić information content (AvgIpc) is 3.05. The predicted octanol–water partition coefficient (Wildman–Crippen LogP) is -0.288. The molecule has 170 valence electrons. The van der Waals surface area contributed by atoms with Crippen molar-refractivity contribution in [2.45, 2.75) is 81.1 Å². The molecular weight excluding hydrogens is 394 g/mol. The largest absolute Gasteiger partial charge is 0.388 e. The van der Waals surface area contributed by atoms with Crippen LogP contribution < -0.4 is 5.32 Å². The summed E-state index contributed by atoms with van der Waals surface area (Å²) >= 11 is 1.27. The van der Waals surface area contributed by atoms with Gasteiger partial charge in [0.25, 0.3) is 0 Å². The van der Waals surface area contributed by atoms with Gasteiger partial charge in [-0.2, -0.15) is 0 Å². The summed E-state index contributed by atoms with van der Waals surface area (Å²) in [4.78, 5) is 17.2. The Morgan fingerprint density at radius 2 is 1.93 bits per heavy atom. The van der Waals surface area contributed by atoms with Crippen LogP contribution in [-0.2, 0) is 9.53 Å². The Kier molecular flexibility index (Phi) is 9.21. The van der Waals surface area contributed by atoms with E-state index >= 15 is 0 Å². The zero-order valence-corrected chi connectivity index (χ0v) is 19.3. The minimum atomic E-state index is -1.33. The van der Waals surface area contributed by atoms with Crippen LogP contribution >= 0.6 is 11.8 Å². The molecule has 5 unspecified atom stereocenters. The molecule has 2 aliphatic heterocycles. The van der Waals surface area contributed by atoms with Crippen LogP contribution in [0.15, 0.2) is 0 Å². The molecule has 29 heavy (non-hydrogen) atoms. The van der Waals surface area contributed by atoms with Crippen LogP contribution in [0.5, 0.6) is 0 Å². The highest BCUT2D eigenvalue weighted by Crippen LogP contribution is 2.31. The van der Waals surface area contributed by atoms with E-state index in [9.17, 15) is 20.1 Å². The smallest absolute Gasteiger partial charge is 0.237 e. The standard InChI is InChI=1S/C20H39N3O5S/c1-7-8-12-9-13(23(5)10-12)19(27)21-14(11(2)22(3)4)18-16(25)15(24)17(26)20(28-18)29-6/h11-18,20,24-26H,7-10H2,1-6H3,(H,21,27)/t11-,12+,13-,14+,15?,16?,17?,18?,20?/m0/s1. The summed E-state index contributed by atoms with van der Waals surface area (Å²) in [6.45, 7) is 5.01. The Labute approximate surface area is 179 Å². The number of nitrogens with one attached hydrogen (secondary N) is 1. The molecule has 0 aromatic rings. The van der Waals surface area contributed by atoms with Crippen molar-refractivity contribution in [1.29, 1.82) is 0 Å². The normalized spacial score (nSPS) is 38.2. The number of aliphatic hydroxyl groups is 3. The summed E-state index contributed by atoms with van der Waals surface area (Å²) in [6.07, 6.45) is 0.171. The van der Waals surface area contributed by atoms with E-state index in [1.807, 2.05) is 33.0 Å². The molecule has 4 N–H and O–H groups in total. The van der Waals surface area contributed by atoms with E-state index in [1.165, 1.54) is 11.8 Å². The van der Waals surface area contributed by atoms with E-state index in [4.69, 9.17) is 4.74 Å². The second-order valence-electron chi connectivity index (χ2n) is 8.76. The number of thioether (sulfide) groups is 1. The number of carbonyl (C=O) groups is 1. The second kappa shape index (κ2) is 10.7. The molecule has 0 aliphatic carbocycles. The highest BCUT2D eigenvalue weighted by Gasteiger charge is 2.49. The molecule has 0 saturated carbocycles. The minimum Gasteiger partial charge on any atom is -0.388 e. The summed E-state index contributed by atoms with van der Waals surface area (Å²) in [6, 6.07) is -0.902. The van der Waals surface area contributed by atoms with Gasteiger partial charge in [0.2, 0.25) is 5.91 Å². The van der Waals surface area contributed by atoms with Gasteiger partial charge in [-0.05, 0) is 53.1 Å². The van der Waals surface area contributed by atoms with E-state index in [0.717, 1.165) is 25.8 Å². The zero-order chi connectivity index (χ0) is 21.9. The van der Waals surface area contributed by atoms with Crippen LogP contribution in [0.4, 0.5) is 0 Å².